The zero-order chi connectivity index (χ0) is 22.7. The highest BCUT2D eigenvalue weighted by Crippen LogP contribution is 2.35. The number of ether oxygens (including phenoxy) is 2. The zero-order valence-electron chi connectivity index (χ0n) is 17.2. The van der Waals surface area contributed by atoms with Crippen molar-refractivity contribution in [2.45, 2.75) is 12.8 Å². The number of hydrogen-bond acceptors (Lipinski definition) is 8. The van der Waals surface area contributed by atoms with Gasteiger partial charge in [-0.25, -0.2) is 4.79 Å². The van der Waals surface area contributed by atoms with Crippen molar-refractivity contribution in [1.82, 2.24) is 9.80 Å². The Bertz CT molecular complexity index is 1090. The smallest absolute Gasteiger partial charge is 0.379 e. The van der Waals surface area contributed by atoms with Gasteiger partial charge in [0.05, 0.1) is 18.3 Å². The first-order valence-electron chi connectivity index (χ1n) is 9.93. The van der Waals surface area contributed by atoms with Gasteiger partial charge < -0.3 is 18.8 Å². The number of benzene rings is 1. The molecule has 0 N–H and O–H groups in total. The van der Waals surface area contributed by atoms with Gasteiger partial charge in [-0.05, 0) is 60.5 Å². The summed E-state index contributed by atoms with van der Waals surface area (Å²) in [5, 5.41) is -0.482. The molecule has 2 saturated heterocycles. The Hall–Kier alpha value is -3.53. The third kappa shape index (κ3) is 4.54. The molecule has 1 aromatic heterocycles. The number of likely N-dealkylation sites (tertiary alicyclic amines) is 1. The van der Waals surface area contributed by atoms with Crippen molar-refractivity contribution < 1.29 is 33.1 Å². The van der Waals surface area contributed by atoms with E-state index in [1.54, 1.807) is 23.1 Å². The molecule has 166 valence electrons. The lowest BCUT2D eigenvalue weighted by Gasteiger charge is -2.18. The Morgan fingerprint density at radius 3 is 2.62 bits per heavy atom. The molecule has 2 aliphatic heterocycles. The van der Waals surface area contributed by atoms with Gasteiger partial charge in [-0.1, -0.05) is 6.07 Å². The molecule has 32 heavy (non-hydrogen) atoms. The maximum atomic E-state index is 12.7. The van der Waals surface area contributed by atoms with Crippen LogP contribution in [0.3, 0.4) is 0 Å². The van der Waals surface area contributed by atoms with Crippen LogP contribution in [0.4, 0.5) is 4.79 Å². The molecule has 2 aliphatic rings. The van der Waals surface area contributed by atoms with E-state index >= 15 is 0 Å². The summed E-state index contributed by atoms with van der Waals surface area (Å²) in [4.78, 5) is 52.3. The molecule has 10 heteroatoms. The number of amides is 3. The number of rotatable bonds is 6. The molecule has 0 saturated carbocycles. The van der Waals surface area contributed by atoms with E-state index in [2.05, 4.69) is 0 Å². The molecular weight excluding hydrogens is 436 g/mol. The Balaban J connectivity index is 1.48. The first-order chi connectivity index (χ1) is 15.5. The summed E-state index contributed by atoms with van der Waals surface area (Å²) in [6.07, 6.45) is 4.76. The molecule has 2 fully saturated rings. The highest BCUT2D eigenvalue weighted by atomic mass is 32.2. The Morgan fingerprint density at radius 2 is 1.94 bits per heavy atom. The molecule has 0 radical (unpaired) electrons. The average Bonchev–Trinajstić information content (AvgIpc) is 3.55. The van der Waals surface area contributed by atoms with Crippen LogP contribution in [0.15, 0.2) is 45.9 Å². The van der Waals surface area contributed by atoms with E-state index in [0.717, 1.165) is 29.5 Å². The Morgan fingerprint density at radius 1 is 1.16 bits per heavy atom. The van der Waals surface area contributed by atoms with Crippen LogP contribution in [0.5, 0.6) is 11.5 Å². The maximum Gasteiger partial charge on any atom is 0.379 e. The topological polar surface area (TPSA) is 106 Å². The van der Waals surface area contributed by atoms with Crippen LogP contribution in [0.25, 0.3) is 6.08 Å². The number of methoxy groups -OCH3 is 1. The summed E-state index contributed by atoms with van der Waals surface area (Å²) in [6.45, 7) is 1.05. The zero-order valence-corrected chi connectivity index (χ0v) is 18.1. The van der Waals surface area contributed by atoms with Gasteiger partial charge in [0, 0.05) is 13.1 Å². The number of furan rings is 1. The molecular formula is C22H20N2O7S. The minimum absolute atomic E-state index is 0.0493. The average molecular weight is 456 g/mol. The third-order valence-corrected chi connectivity index (χ3v) is 5.94. The predicted molar refractivity (Wildman–Crippen MR) is 115 cm³/mol. The molecule has 0 aliphatic carbocycles. The van der Waals surface area contributed by atoms with Gasteiger partial charge >= 0.3 is 5.97 Å². The van der Waals surface area contributed by atoms with Crippen LogP contribution in [0, 0.1) is 0 Å². The Labute approximate surface area is 187 Å². The number of hydrogen-bond donors (Lipinski definition) is 0. The van der Waals surface area contributed by atoms with Crippen LogP contribution in [0.2, 0.25) is 0 Å². The van der Waals surface area contributed by atoms with E-state index in [1.807, 2.05) is 0 Å². The number of thioether (sulfide) groups is 1. The van der Waals surface area contributed by atoms with E-state index < -0.39 is 17.1 Å². The van der Waals surface area contributed by atoms with Gasteiger partial charge in [0.1, 0.15) is 6.54 Å². The molecule has 2 aromatic rings. The van der Waals surface area contributed by atoms with Crippen molar-refractivity contribution >= 4 is 40.9 Å². The summed E-state index contributed by atoms with van der Waals surface area (Å²) < 4.78 is 15.6. The molecule has 0 atom stereocenters. The van der Waals surface area contributed by atoms with Crippen molar-refractivity contribution in [3.05, 3.63) is 52.8 Å². The monoisotopic (exact) mass is 456 g/mol. The van der Waals surface area contributed by atoms with Crippen molar-refractivity contribution in [2.75, 3.05) is 26.7 Å². The van der Waals surface area contributed by atoms with Gasteiger partial charge in [-0.15, -0.1) is 0 Å². The number of esters is 1. The molecule has 4 rings (SSSR count). The maximum absolute atomic E-state index is 12.7. The second-order valence-electron chi connectivity index (χ2n) is 7.13. The SMILES string of the molecule is COc1cc(/C=C2\SC(=O)N(CC(=O)N3CCCC3)C2=O)ccc1OC(=O)c1ccco1. The highest BCUT2D eigenvalue weighted by Gasteiger charge is 2.37. The van der Waals surface area contributed by atoms with E-state index in [9.17, 15) is 19.2 Å². The largest absolute Gasteiger partial charge is 0.493 e. The third-order valence-electron chi connectivity index (χ3n) is 5.04. The fourth-order valence-electron chi connectivity index (χ4n) is 3.39. The lowest BCUT2D eigenvalue weighted by molar-refractivity contribution is -0.135. The number of imide groups is 1. The quantitative estimate of drug-likeness (QED) is 0.371. The van der Waals surface area contributed by atoms with Gasteiger partial charge in [0.25, 0.3) is 11.1 Å². The lowest BCUT2D eigenvalue weighted by atomic mass is 10.2. The normalized spacial score (nSPS) is 17.3. The van der Waals surface area contributed by atoms with Crippen LogP contribution in [-0.2, 0) is 9.59 Å². The summed E-state index contributed by atoms with van der Waals surface area (Å²) in [6, 6.07) is 7.77. The van der Waals surface area contributed by atoms with Gasteiger partial charge in [-0.3, -0.25) is 19.3 Å². The Kier molecular flexibility index (Phi) is 6.31. The standard InChI is InChI=1S/C22H20N2O7S/c1-29-17-11-14(6-7-15(17)31-21(27)16-5-4-10-30-16)12-18-20(26)24(22(28)32-18)13-19(25)23-8-2-3-9-23/h4-7,10-12H,2-3,8-9,13H2,1H3/b18-12-. The van der Waals surface area contributed by atoms with Gasteiger partial charge in [0.2, 0.25) is 11.7 Å². The van der Waals surface area contributed by atoms with Crippen molar-refractivity contribution in [3.8, 4) is 11.5 Å². The van der Waals surface area contributed by atoms with Crippen LogP contribution in [0.1, 0.15) is 29.0 Å². The minimum atomic E-state index is -0.676. The van der Waals surface area contributed by atoms with Crippen molar-refractivity contribution in [3.63, 3.8) is 0 Å². The van der Waals surface area contributed by atoms with Crippen LogP contribution < -0.4 is 9.47 Å². The second-order valence-corrected chi connectivity index (χ2v) is 8.13. The minimum Gasteiger partial charge on any atom is -0.493 e. The van der Waals surface area contributed by atoms with Gasteiger partial charge in [-0.2, -0.15) is 0 Å². The van der Waals surface area contributed by atoms with E-state index in [1.165, 1.54) is 31.6 Å². The number of carbonyl (C=O) groups excluding carboxylic acids is 4. The molecule has 1 aromatic carbocycles. The molecule has 0 bridgehead atoms. The molecule has 3 heterocycles. The summed E-state index contributed by atoms with van der Waals surface area (Å²) in [5.41, 5.74) is 0.566. The second kappa shape index (κ2) is 9.31. The number of nitrogens with zero attached hydrogens (tertiary/aromatic N) is 2. The lowest BCUT2D eigenvalue weighted by Crippen LogP contribution is -2.40. The first kappa shape index (κ1) is 21.7. The summed E-state index contributed by atoms with van der Waals surface area (Å²) >= 11 is 0.777. The van der Waals surface area contributed by atoms with Crippen molar-refractivity contribution in [1.29, 1.82) is 0 Å². The first-order valence-corrected chi connectivity index (χ1v) is 10.7. The van der Waals surface area contributed by atoms with Crippen LogP contribution in [-0.4, -0.2) is 59.6 Å². The molecule has 0 spiro atoms. The van der Waals surface area contributed by atoms with E-state index in [0.29, 0.717) is 18.7 Å². The van der Waals surface area contributed by atoms with Gasteiger partial charge in [0.15, 0.2) is 11.5 Å². The molecule has 0 unspecified atom stereocenters. The van der Waals surface area contributed by atoms with E-state index in [-0.39, 0.29) is 34.6 Å². The predicted octanol–water partition coefficient (Wildman–Crippen LogP) is 3.17. The van der Waals surface area contributed by atoms with E-state index in [4.69, 9.17) is 13.9 Å². The van der Waals surface area contributed by atoms with Crippen molar-refractivity contribution in [2.24, 2.45) is 0 Å². The fourth-order valence-corrected chi connectivity index (χ4v) is 4.23. The van der Waals surface area contributed by atoms with Crippen LogP contribution >= 0.6 is 11.8 Å². The molecule has 3 amide bonds. The number of carbonyl (C=O) groups is 4. The summed E-state index contributed by atoms with van der Waals surface area (Å²) in [5.74, 6) is -0.925. The fraction of sp³-hybridized carbons (Fsp3) is 0.273. The summed E-state index contributed by atoms with van der Waals surface area (Å²) in [7, 11) is 1.42. The highest BCUT2D eigenvalue weighted by molar-refractivity contribution is 8.18. The molecule has 9 nitrogen and oxygen atoms in total.